The van der Waals surface area contributed by atoms with E-state index in [2.05, 4.69) is 104 Å². The fourth-order valence-electron chi connectivity index (χ4n) is 10.8. The molecular formula is C78H143N2O6P. The second-order valence-electron chi connectivity index (χ2n) is 26.3. The van der Waals surface area contributed by atoms with E-state index in [4.69, 9.17) is 9.05 Å². The normalized spacial score (nSPS) is 14.1. The standard InChI is InChI=1S/C78H143N2O6P/c1-6-8-10-12-14-16-18-20-22-24-26-28-30-32-34-36-38-40-42-44-46-48-50-52-54-56-58-60-62-64-66-68-70-72-78(82)79-76(75-86-87(83,84)85-74-73-80(3,4)5)77(81)71-69-67-65-63-61-59-57-55-53-51-49-47-45-43-41-39-37-35-33-31-29-27-25-23-21-19-17-15-13-11-9-7-2/h8,10,14,16,20,22,26,28,32,34,38,40,44,46,69,71,76-77,81H,6-7,9,11-13,15,17-19,21,23-25,27,29-31,33,35-37,39,41-43,45,47-68,70,72-75H2,1-5H3,(H-,79,82,83,84)/b10-8-,16-14-,22-20-,28-26-,34-32-,40-38-,46-44-,71-69+. The van der Waals surface area contributed by atoms with E-state index < -0.39 is 20.0 Å². The van der Waals surface area contributed by atoms with Crippen molar-refractivity contribution < 1.29 is 32.9 Å². The van der Waals surface area contributed by atoms with Crippen LogP contribution in [0.25, 0.3) is 0 Å². The van der Waals surface area contributed by atoms with E-state index in [0.717, 1.165) is 83.5 Å². The lowest BCUT2D eigenvalue weighted by atomic mass is 10.0. The van der Waals surface area contributed by atoms with Crippen LogP contribution in [0.2, 0.25) is 0 Å². The zero-order valence-corrected chi connectivity index (χ0v) is 58.9. The highest BCUT2D eigenvalue weighted by molar-refractivity contribution is 7.45. The molecule has 0 bridgehead atoms. The third-order valence-electron chi connectivity index (χ3n) is 16.5. The summed E-state index contributed by atoms with van der Waals surface area (Å²) in [4.78, 5) is 25.7. The molecule has 0 aliphatic rings. The minimum Gasteiger partial charge on any atom is -0.756 e. The van der Waals surface area contributed by atoms with Gasteiger partial charge in [0, 0.05) is 6.42 Å². The molecule has 9 heteroatoms. The molecule has 0 aromatic rings. The number of allylic oxidation sites excluding steroid dienone is 15. The van der Waals surface area contributed by atoms with Crippen molar-refractivity contribution in [1.82, 2.24) is 5.32 Å². The number of phosphoric acid groups is 1. The van der Waals surface area contributed by atoms with E-state index in [1.54, 1.807) is 6.08 Å². The summed E-state index contributed by atoms with van der Waals surface area (Å²) in [7, 11) is 1.26. The highest BCUT2D eigenvalue weighted by atomic mass is 31.2. The molecule has 0 heterocycles. The Kier molecular flexibility index (Phi) is 65.8. The van der Waals surface area contributed by atoms with Crippen molar-refractivity contribution in [1.29, 1.82) is 0 Å². The number of carbonyl (C=O) groups excluding carboxylic acids is 1. The maximum Gasteiger partial charge on any atom is 0.268 e. The van der Waals surface area contributed by atoms with Crippen LogP contribution < -0.4 is 10.2 Å². The van der Waals surface area contributed by atoms with Gasteiger partial charge in [-0.2, -0.15) is 0 Å². The average Bonchev–Trinajstić information content (AvgIpc) is 3.71. The molecule has 0 radical (unpaired) electrons. The van der Waals surface area contributed by atoms with Crippen LogP contribution in [0.15, 0.2) is 97.2 Å². The predicted molar refractivity (Wildman–Crippen MR) is 380 cm³/mol. The van der Waals surface area contributed by atoms with Crippen molar-refractivity contribution in [2.24, 2.45) is 0 Å². The molecule has 3 atom stereocenters. The fraction of sp³-hybridized carbons (Fsp3) is 0.782. The largest absolute Gasteiger partial charge is 0.756 e. The number of carbonyl (C=O) groups is 1. The molecule has 0 aromatic carbocycles. The molecule has 0 aliphatic carbocycles. The second-order valence-corrected chi connectivity index (χ2v) is 27.7. The number of likely N-dealkylation sites (N-methyl/N-ethyl adjacent to an activating group) is 1. The van der Waals surface area contributed by atoms with Gasteiger partial charge in [-0.3, -0.25) is 9.36 Å². The smallest absolute Gasteiger partial charge is 0.268 e. The summed E-state index contributed by atoms with van der Waals surface area (Å²) in [6, 6.07) is -0.896. The topological polar surface area (TPSA) is 108 Å². The molecule has 8 nitrogen and oxygen atoms in total. The third kappa shape index (κ3) is 70.7. The van der Waals surface area contributed by atoms with E-state index >= 15 is 0 Å². The molecule has 0 saturated heterocycles. The lowest BCUT2D eigenvalue weighted by molar-refractivity contribution is -0.870. The van der Waals surface area contributed by atoms with Crippen molar-refractivity contribution in [3.05, 3.63) is 97.2 Å². The molecule has 0 fully saturated rings. The predicted octanol–water partition coefficient (Wildman–Crippen LogP) is 23.4. The first-order valence-electron chi connectivity index (χ1n) is 37.1. The van der Waals surface area contributed by atoms with Crippen LogP contribution >= 0.6 is 7.82 Å². The highest BCUT2D eigenvalue weighted by Crippen LogP contribution is 2.38. The molecule has 1 amide bonds. The van der Waals surface area contributed by atoms with Crippen LogP contribution in [0.1, 0.15) is 341 Å². The Bertz CT molecular complexity index is 1740. The first-order valence-corrected chi connectivity index (χ1v) is 38.6. The number of nitrogens with one attached hydrogen (secondary N) is 1. The Labute approximate surface area is 540 Å². The molecular weight excluding hydrogens is 1090 g/mol. The summed E-state index contributed by atoms with van der Waals surface area (Å²) in [5.41, 5.74) is 0. The molecule has 506 valence electrons. The Hall–Kier alpha value is -2.58. The second kappa shape index (κ2) is 67.8. The number of hydrogen-bond donors (Lipinski definition) is 2. The molecule has 0 saturated carbocycles. The maximum absolute atomic E-state index is 13.1. The number of aliphatic hydroxyl groups is 1. The number of hydrogen-bond acceptors (Lipinski definition) is 6. The zero-order valence-electron chi connectivity index (χ0n) is 58.0. The summed E-state index contributed by atoms with van der Waals surface area (Å²) in [5.74, 6) is -0.200. The minimum absolute atomic E-state index is 0.00476. The Morgan fingerprint density at radius 1 is 0.414 bits per heavy atom. The van der Waals surface area contributed by atoms with Gasteiger partial charge >= 0.3 is 0 Å². The van der Waals surface area contributed by atoms with E-state index in [9.17, 15) is 19.4 Å². The lowest BCUT2D eigenvalue weighted by Gasteiger charge is -2.29. The van der Waals surface area contributed by atoms with E-state index in [-0.39, 0.29) is 19.1 Å². The number of aliphatic hydroxyl groups excluding tert-OH is 1. The molecule has 87 heavy (non-hydrogen) atoms. The monoisotopic (exact) mass is 1240 g/mol. The van der Waals surface area contributed by atoms with Crippen molar-refractivity contribution >= 4 is 13.7 Å². The average molecular weight is 1240 g/mol. The molecule has 0 aromatic heterocycles. The molecule has 0 aliphatic heterocycles. The van der Waals surface area contributed by atoms with Gasteiger partial charge < -0.3 is 28.8 Å². The summed E-state index contributed by atoms with van der Waals surface area (Å²) in [6.07, 6.45) is 98.3. The van der Waals surface area contributed by atoms with Crippen LogP contribution in [0, 0.1) is 0 Å². The first kappa shape index (κ1) is 84.4. The lowest BCUT2D eigenvalue weighted by Crippen LogP contribution is -2.45. The number of amides is 1. The van der Waals surface area contributed by atoms with E-state index in [1.165, 1.54) is 238 Å². The SMILES string of the molecule is CC/C=C\C/C=C\C/C=C\C/C=C\C/C=C\C/C=C\C/C=C\CCCCCCCCCCCCCC(=O)NC(COP(=O)([O-])OCC[N+](C)(C)C)C(O)/C=C/CCCCCCCCCCCCCCCCCCCCCCCCCCCCCCCC. The van der Waals surface area contributed by atoms with Crippen LogP contribution in [0.3, 0.4) is 0 Å². The number of nitrogens with zero attached hydrogens (tertiary/aromatic N) is 1. The van der Waals surface area contributed by atoms with E-state index in [0.29, 0.717) is 17.4 Å². The number of rotatable bonds is 68. The first-order chi connectivity index (χ1) is 42.5. The van der Waals surface area contributed by atoms with Gasteiger partial charge in [0.15, 0.2) is 0 Å². The van der Waals surface area contributed by atoms with Gasteiger partial charge in [-0.1, -0.05) is 355 Å². The minimum atomic E-state index is -4.61. The van der Waals surface area contributed by atoms with Crippen LogP contribution in [0.4, 0.5) is 0 Å². The van der Waals surface area contributed by atoms with Gasteiger partial charge in [0.05, 0.1) is 39.9 Å². The van der Waals surface area contributed by atoms with Crippen LogP contribution in [0.5, 0.6) is 0 Å². The summed E-state index contributed by atoms with van der Waals surface area (Å²) < 4.78 is 23.5. The van der Waals surface area contributed by atoms with Crippen molar-refractivity contribution in [2.45, 2.75) is 353 Å². The summed E-state index contributed by atoms with van der Waals surface area (Å²) in [6.45, 7) is 4.57. The van der Waals surface area contributed by atoms with Gasteiger partial charge in [0.2, 0.25) is 5.91 Å². The molecule has 0 rings (SSSR count). The van der Waals surface area contributed by atoms with Crippen molar-refractivity contribution in [2.75, 3.05) is 40.9 Å². The van der Waals surface area contributed by atoms with E-state index in [1.807, 2.05) is 27.2 Å². The van der Waals surface area contributed by atoms with Gasteiger partial charge in [-0.25, -0.2) is 0 Å². The Balaban J connectivity index is 4.07. The third-order valence-corrected chi connectivity index (χ3v) is 17.5. The van der Waals surface area contributed by atoms with Crippen molar-refractivity contribution in [3.8, 4) is 0 Å². The highest BCUT2D eigenvalue weighted by Gasteiger charge is 2.23. The van der Waals surface area contributed by atoms with Gasteiger partial charge in [-0.15, -0.1) is 0 Å². The number of quaternary nitrogens is 1. The van der Waals surface area contributed by atoms with Crippen LogP contribution in [-0.2, 0) is 18.4 Å². The van der Waals surface area contributed by atoms with Crippen molar-refractivity contribution in [3.63, 3.8) is 0 Å². The zero-order chi connectivity index (χ0) is 63.4. The Morgan fingerprint density at radius 2 is 0.701 bits per heavy atom. The van der Waals surface area contributed by atoms with Gasteiger partial charge in [0.1, 0.15) is 13.2 Å². The quantitative estimate of drug-likeness (QED) is 0.0272. The summed E-state index contributed by atoms with van der Waals surface area (Å²) in [5, 5.41) is 14.0. The Morgan fingerprint density at radius 3 is 1.02 bits per heavy atom. The summed E-state index contributed by atoms with van der Waals surface area (Å²) >= 11 is 0. The van der Waals surface area contributed by atoms with Gasteiger partial charge in [-0.05, 0) is 77.0 Å². The number of phosphoric ester groups is 1. The molecule has 3 unspecified atom stereocenters. The maximum atomic E-state index is 13.1. The molecule has 2 N–H and O–H groups in total. The fourth-order valence-corrected chi connectivity index (χ4v) is 11.6. The van der Waals surface area contributed by atoms with Gasteiger partial charge in [0.25, 0.3) is 7.82 Å². The number of unbranched alkanes of at least 4 members (excludes halogenated alkanes) is 41. The van der Waals surface area contributed by atoms with Crippen LogP contribution in [-0.4, -0.2) is 68.5 Å². The molecule has 0 spiro atoms.